The number of alkyl halides is 6. The zero-order chi connectivity index (χ0) is 14.4. The molecule has 0 aromatic heterocycles. The zero-order valence-corrected chi connectivity index (χ0v) is 10.6. The van der Waals surface area contributed by atoms with E-state index < -0.39 is 40.8 Å². The van der Waals surface area contributed by atoms with Gasteiger partial charge in [-0.1, -0.05) is 0 Å². The molecule has 1 aliphatic heterocycles. The molecule has 0 spiro atoms. The quantitative estimate of drug-likeness (QED) is 0.735. The fourth-order valence-corrected chi connectivity index (χ4v) is 1.97. The smallest absolute Gasteiger partial charge is 0.416 e. The van der Waals surface area contributed by atoms with E-state index in [0.29, 0.717) is 6.07 Å². The van der Waals surface area contributed by atoms with Crippen molar-refractivity contribution in [3.63, 3.8) is 0 Å². The molecule has 1 heterocycles. The second kappa shape index (κ2) is 5.33. The molecule has 1 atom stereocenters. The second-order valence-electron chi connectivity index (χ2n) is 4.17. The standard InChI is InChI=1S/C11H9F6NO.ClH/c12-10(13,14)5-3-6(11(15,16)17)9-7(18)1-2-19-8(9)4-5;/h3-4,7H,1-2,18H2;1H/t7-;/m0./s1. The van der Waals surface area contributed by atoms with E-state index in [-0.39, 0.29) is 31.5 Å². The van der Waals surface area contributed by atoms with Gasteiger partial charge in [0.25, 0.3) is 0 Å². The fourth-order valence-electron chi connectivity index (χ4n) is 1.97. The van der Waals surface area contributed by atoms with Crippen LogP contribution in [0.2, 0.25) is 0 Å². The highest BCUT2D eigenvalue weighted by Gasteiger charge is 2.41. The Balaban J connectivity index is 0.00000200. The average Bonchev–Trinajstić information content (AvgIpc) is 2.25. The summed E-state index contributed by atoms with van der Waals surface area (Å²) in [6.07, 6.45) is -9.66. The van der Waals surface area contributed by atoms with Crippen molar-refractivity contribution in [3.8, 4) is 5.75 Å². The van der Waals surface area contributed by atoms with E-state index in [0.717, 1.165) is 0 Å². The van der Waals surface area contributed by atoms with Crippen molar-refractivity contribution < 1.29 is 31.1 Å². The van der Waals surface area contributed by atoms with E-state index in [1.807, 2.05) is 0 Å². The summed E-state index contributed by atoms with van der Waals surface area (Å²) >= 11 is 0. The third-order valence-corrected chi connectivity index (χ3v) is 2.83. The number of fused-ring (bicyclic) bond motifs is 1. The van der Waals surface area contributed by atoms with Gasteiger partial charge in [0.15, 0.2) is 0 Å². The topological polar surface area (TPSA) is 35.2 Å². The van der Waals surface area contributed by atoms with Crippen molar-refractivity contribution in [2.45, 2.75) is 24.8 Å². The fraction of sp³-hybridized carbons (Fsp3) is 0.455. The molecule has 1 aromatic carbocycles. The summed E-state index contributed by atoms with van der Waals surface area (Å²) in [5.74, 6) is -0.444. The molecule has 0 aliphatic carbocycles. The lowest BCUT2D eigenvalue weighted by molar-refractivity contribution is -0.144. The Morgan fingerprint density at radius 1 is 1.05 bits per heavy atom. The van der Waals surface area contributed by atoms with Crippen LogP contribution in [-0.4, -0.2) is 6.61 Å². The molecule has 2 N–H and O–H groups in total. The van der Waals surface area contributed by atoms with E-state index in [9.17, 15) is 26.3 Å². The predicted molar refractivity (Wildman–Crippen MR) is 60.7 cm³/mol. The van der Waals surface area contributed by atoms with Gasteiger partial charge in [-0.2, -0.15) is 26.3 Å². The molecule has 0 saturated carbocycles. The third kappa shape index (κ3) is 3.12. The first kappa shape index (κ1) is 16.9. The van der Waals surface area contributed by atoms with Gasteiger partial charge >= 0.3 is 12.4 Å². The van der Waals surface area contributed by atoms with E-state index in [2.05, 4.69) is 0 Å². The summed E-state index contributed by atoms with van der Waals surface area (Å²) in [7, 11) is 0. The van der Waals surface area contributed by atoms with E-state index >= 15 is 0 Å². The summed E-state index contributed by atoms with van der Waals surface area (Å²) in [6, 6.07) is -0.348. The zero-order valence-electron chi connectivity index (χ0n) is 9.81. The van der Waals surface area contributed by atoms with Crippen LogP contribution in [0.1, 0.15) is 29.2 Å². The molecule has 0 amide bonds. The number of halogens is 7. The van der Waals surface area contributed by atoms with Crippen LogP contribution in [0.3, 0.4) is 0 Å². The highest BCUT2D eigenvalue weighted by Crippen LogP contribution is 2.45. The van der Waals surface area contributed by atoms with Crippen LogP contribution < -0.4 is 10.5 Å². The SMILES string of the molecule is Cl.N[C@H]1CCOc2cc(C(F)(F)F)cc(C(F)(F)F)c21. The van der Waals surface area contributed by atoms with E-state index in [1.54, 1.807) is 0 Å². The second-order valence-corrected chi connectivity index (χ2v) is 4.17. The molecule has 2 rings (SSSR count). The van der Waals surface area contributed by atoms with Crippen LogP contribution in [0.5, 0.6) is 5.75 Å². The summed E-state index contributed by atoms with van der Waals surface area (Å²) in [6.45, 7) is -0.00717. The maximum absolute atomic E-state index is 12.8. The average molecular weight is 322 g/mol. The van der Waals surface area contributed by atoms with Crippen molar-refractivity contribution in [2.75, 3.05) is 6.61 Å². The Morgan fingerprint density at radius 3 is 2.15 bits per heavy atom. The number of rotatable bonds is 0. The maximum Gasteiger partial charge on any atom is 0.416 e. The normalized spacial score (nSPS) is 18.9. The number of hydrogen-bond donors (Lipinski definition) is 1. The largest absolute Gasteiger partial charge is 0.493 e. The number of nitrogens with two attached hydrogens (primary N) is 1. The van der Waals surface area contributed by atoms with Gasteiger partial charge < -0.3 is 10.5 Å². The van der Waals surface area contributed by atoms with Crippen LogP contribution in [0.4, 0.5) is 26.3 Å². The lowest BCUT2D eigenvalue weighted by Crippen LogP contribution is -2.26. The van der Waals surface area contributed by atoms with Gasteiger partial charge in [0.2, 0.25) is 0 Å². The number of hydrogen-bond acceptors (Lipinski definition) is 2. The molecule has 114 valence electrons. The molecule has 0 radical (unpaired) electrons. The van der Waals surface area contributed by atoms with E-state index in [1.165, 1.54) is 0 Å². The molecule has 0 bridgehead atoms. The Bertz CT molecular complexity index is 499. The monoisotopic (exact) mass is 321 g/mol. The summed E-state index contributed by atoms with van der Waals surface area (Å²) in [5.41, 5.74) is 2.35. The molecule has 0 saturated heterocycles. The van der Waals surface area contributed by atoms with Gasteiger partial charge in [-0.15, -0.1) is 12.4 Å². The van der Waals surface area contributed by atoms with Crippen molar-refractivity contribution in [1.82, 2.24) is 0 Å². The van der Waals surface area contributed by atoms with Crippen molar-refractivity contribution >= 4 is 12.4 Å². The molecular formula is C11H10ClF6NO. The minimum atomic E-state index is -4.91. The van der Waals surface area contributed by atoms with Crippen LogP contribution in [0.15, 0.2) is 12.1 Å². The highest BCUT2D eigenvalue weighted by molar-refractivity contribution is 5.85. The van der Waals surface area contributed by atoms with Crippen LogP contribution in [0, 0.1) is 0 Å². The first-order chi connectivity index (χ1) is 8.60. The Hall–Kier alpha value is -1.15. The molecule has 0 unspecified atom stereocenters. The lowest BCUT2D eigenvalue weighted by Gasteiger charge is -2.27. The highest BCUT2D eigenvalue weighted by atomic mass is 35.5. The van der Waals surface area contributed by atoms with Crippen molar-refractivity contribution in [1.29, 1.82) is 0 Å². The first-order valence-electron chi connectivity index (χ1n) is 5.31. The minimum Gasteiger partial charge on any atom is -0.493 e. The molecule has 2 nitrogen and oxygen atoms in total. The first-order valence-corrected chi connectivity index (χ1v) is 5.31. The lowest BCUT2D eigenvalue weighted by atomic mass is 9.93. The summed E-state index contributed by atoms with van der Waals surface area (Å²) in [4.78, 5) is 0. The Morgan fingerprint density at radius 2 is 1.65 bits per heavy atom. The summed E-state index contributed by atoms with van der Waals surface area (Å²) in [5, 5.41) is 0. The van der Waals surface area contributed by atoms with Crippen molar-refractivity contribution in [2.24, 2.45) is 5.73 Å². The molecule has 9 heteroatoms. The van der Waals surface area contributed by atoms with Crippen molar-refractivity contribution in [3.05, 3.63) is 28.8 Å². The maximum atomic E-state index is 12.8. The predicted octanol–water partition coefficient (Wildman–Crippen LogP) is 3.93. The van der Waals surface area contributed by atoms with Gasteiger partial charge in [0.05, 0.1) is 17.7 Å². The van der Waals surface area contributed by atoms with Gasteiger partial charge in [-0.3, -0.25) is 0 Å². The summed E-state index contributed by atoms with van der Waals surface area (Å²) < 4.78 is 81.1. The number of ether oxygens (including phenoxy) is 1. The van der Waals surface area contributed by atoms with Gasteiger partial charge in [-0.25, -0.2) is 0 Å². The number of benzene rings is 1. The van der Waals surface area contributed by atoms with Crippen LogP contribution in [0.25, 0.3) is 0 Å². The van der Waals surface area contributed by atoms with Crippen LogP contribution >= 0.6 is 12.4 Å². The molecule has 0 fully saturated rings. The van der Waals surface area contributed by atoms with E-state index in [4.69, 9.17) is 10.5 Å². The molecule has 20 heavy (non-hydrogen) atoms. The third-order valence-electron chi connectivity index (χ3n) is 2.83. The van der Waals surface area contributed by atoms with Gasteiger partial charge in [0.1, 0.15) is 5.75 Å². The molecular weight excluding hydrogens is 312 g/mol. The molecule has 1 aliphatic rings. The Kier molecular flexibility index (Phi) is 4.50. The van der Waals surface area contributed by atoms with Crippen LogP contribution in [-0.2, 0) is 12.4 Å². The van der Waals surface area contributed by atoms with Gasteiger partial charge in [-0.05, 0) is 12.1 Å². The molecule has 1 aromatic rings. The van der Waals surface area contributed by atoms with Gasteiger partial charge in [0, 0.05) is 18.0 Å². The minimum absolute atomic E-state index is 0. The Labute approximate surface area is 116 Å².